The van der Waals surface area contributed by atoms with Crippen LogP contribution in [0.1, 0.15) is 53.4 Å². The Morgan fingerprint density at radius 1 is 1.06 bits per heavy atom. The summed E-state index contributed by atoms with van der Waals surface area (Å²) >= 11 is 0. The van der Waals surface area contributed by atoms with Gasteiger partial charge >= 0.3 is 0 Å². The van der Waals surface area contributed by atoms with Crippen LogP contribution in [0.5, 0.6) is 0 Å². The van der Waals surface area contributed by atoms with E-state index in [1.54, 1.807) is 7.11 Å². The van der Waals surface area contributed by atoms with Crippen molar-refractivity contribution in [1.82, 2.24) is 0 Å². The van der Waals surface area contributed by atoms with Gasteiger partial charge in [-0.25, -0.2) is 0 Å². The molecule has 0 N–H and O–H groups in total. The van der Waals surface area contributed by atoms with Gasteiger partial charge in [0.1, 0.15) is 0 Å². The molecule has 0 radical (unpaired) electrons. The van der Waals surface area contributed by atoms with Crippen molar-refractivity contribution in [2.24, 2.45) is 0 Å². The van der Waals surface area contributed by atoms with E-state index in [1.807, 2.05) is 0 Å². The van der Waals surface area contributed by atoms with Crippen LogP contribution in [0.25, 0.3) is 0 Å². The average molecular weight is 260 g/mol. The maximum absolute atomic E-state index is 6.13. The molecule has 0 aliphatic carbocycles. The van der Waals surface area contributed by atoms with Gasteiger partial charge in [0, 0.05) is 13.7 Å². The monoisotopic (exact) mass is 260 g/mol. The average Bonchev–Trinajstić information content (AvgIpc) is 2.21. The van der Waals surface area contributed by atoms with Gasteiger partial charge in [-0.1, -0.05) is 33.6 Å². The third-order valence-electron chi connectivity index (χ3n) is 3.93. The highest BCUT2D eigenvalue weighted by Gasteiger charge is 2.36. The van der Waals surface area contributed by atoms with Crippen LogP contribution in [0, 0.1) is 0 Å². The predicted molar refractivity (Wildman–Crippen MR) is 78.1 cm³/mol. The molecule has 0 amide bonds. The minimum atomic E-state index is -1.52. The van der Waals surface area contributed by atoms with E-state index < -0.39 is 8.32 Å². The minimum absolute atomic E-state index is 0.331. The second kappa shape index (κ2) is 7.55. The van der Waals surface area contributed by atoms with E-state index in [0.717, 1.165) is 13.0 Å². The molecular weight excluding hydrogens is 228 g/mol. The Balaban J connectivity index is 3.59. The van der Waals surface area contributed by atoms with Crippen LogP contribution in [0.2, 0.25) is 18.1 Å². The van der Waals surface area contributed by atoms with Crippen LogP contribution in [-0.2, 0) is 9.16 Å². The predicted octanol–water partition coefficient (Wildman–Crippen LogP) is 4.60. The second-order valence-corrected chi connectivity index (χ2v) is 11.3. The van der Waals surface area contributed by atoms with E-state index in [4.69, 9.17) is 9.16 Å². The molecule has 17 heavy (non-hydrogen) atoms. The van der Waals surface area contributed by atoms with E-state index in [1.165, 1.54) is 19.3 Å². The quantitative estimate of drug-likeness (QED) is 0.469. The third kappa shape index (κ3) is 7.22. The van der Waals surface area contributed by atoms with E-state index in [9.17, 15) is 0 Å². The molecule has 0 aliphatic rings. The van der Waals surface area contributed by atoms with Crippen LogP contribution in [0.4, 0.5) is 0 Å². The molecule has 104 valence electrons. The maximum Gasteiger partial charge on any atom is 0.191 e. The first-order valence-corrected chi connectivity index (χ1v) is 9.78. The molecule has 0 saturated heterocycles. The molecule has 2 nitrogen and oxygen atoms in total. The number of hydrogen-bond donors (Lipinski definition) is 0. The molecule has 1 atom stereocenters. The van der Waals surface area contributed by atoms with Crippen molar-refractivity contribution in [3.05, 3.63) is 0 Å². The Hall–Kier alpha value is 0.137. The highest BCUT2D eigenvalue weighted by atomic mass is 28.4. The van der Waals surface area contributed by atoms with Crippen LogP contribution in [0.15, 0.2) is 0 Å². The lowest BCUT2D eigenvalue weighted by atomic mass is 10.1. The molecule has 0 aromatic rings. The van der Waals surface area contributed by atoms with Gasteiger partial charge in [-0.3, -0.25) is 0 Å². The van der Waals surface area contributed by atoms with Crippen molar-refractivity contribution in [3.8, 4) is 0 Å². The third-order valence-corrected chi connectivity index (χ3v) is 8.46. The Labute approximate surface area is 109 Å². The zero-order valence-corrected chi connectivity index (χ0v) is 13.9. The van der Waals surface area contributed by atoms with Gasteiger partial charge in [-0.05, 0) is 37.9 Å². The molecule has 3 heteroatoms. The maximum atomic E-state index is 6.13. The SMILES string of the molecule is COC(C)CCCCCO[Si](C)(C)C(C)(C)C. The standard InChI is InChI=1S/C14H32O2Si/c1-13(15-5)11-9-8-10-12-16-17(6,7)14(2,3)4/h13H,8-12H2,1-7H3. The molecule has 0 aromatic heterocycles. The number of hydrogen-bond acceptors (Lipinski definition) is 2. The summed E-state index contributed by atoms with van der Waals surface area (Å²) in [6.45, 7) is 14.6. The van der Waals surface area contributed by atoms with Gasteiger partial charge in [0.25, 0.3) is 0 Å². The fourth-order valence-electron chi connectivity index (χ4n) is 1.37. The van der Waals surface area contributed by atoms with Crippen LogP contribution < -0.4 is 0 Å². The summed E-state index contributed by atoms with van der Waals surface area (Å²) in [6.07, 6.45) is 5.24. The van der Waals surface area contributed by atoms with E-state index in [0.29, 0.717) is 11.1 Å². The second-order valence-electron chi connectivity index (χ2n) is 6.50. The molecule has 0 fully saturated rings. The number of methoxy groups -OCH3 is 1. The highest BCUT2D eigenvalue weighted by Crippen LogP contribution is 2.36. The van der Waals surface area contributed by atoms with Crippen molar-refractivity contribution >= 4 is 8.32 Å². The Morgan fingerprint density at radius 3 is 2.12 bits per heavy atom. The van der Waals surface area contributed by atoms with E-state index in [-0.39, 0.29) is 0 Å². The van der Waals surface area contributed by atoms with Crippen molar-refractivity contribution < 1.29 is 9.16 Å². The van der Waals surface area contributed by atoms with Crippen molar-refractivity contribution in [3.63, 3.8) is 0 Å². The Kier molecular flexibility index (Phi) is 7.61. The first-order valence-electron chi connectivity index (χ1n) is 6.87. The lowest BCUT2D eigenvalue weighted by Crippen LogP contribution is -2.40. The molecule has 0 bridgehead atoms. The zero-order chi connectivity index (χ0) is 13.5. The van der Waals surface area contributed by atoms with Gasteiger partial charge in [-0.15, -0.1) is 0 Å². The van der Waals surface area contributed by atoms with Gasteiger partial charge in [0.2, 0.25) is 0 Å². The van der Waals surface area contributed by atoms with Crippen LogP contribution >= 0.6 is 0 Å². The van der Waals surface area contributed by atoms with Crippen LogP contribution in [-0.4, -0.2) is 28.1 Å². The molecule has 0 aliphatic heterocycles. The topological polar surface area (TPSA) is 18.5 Å². The van der Waals surface area contributed by atoms with Crippen molar-refractivity contribution in [2.75, 3.05) is 13.7 Å². The van der Waals surface area contributed by atoms with Gasteiger partial charge in [-0.2, -0.15) is 0 Å². The number of unbranched alkanes of at least 4 members (excludes halogenated alkanes) is 2. The zero-order valence-electron chi connectivity index (χ0n) is 12.9. The molecule has 0 saturated carbocycles. The summed E-state index contributed by atoms with van der Waals surface area (Å²) in [5.74, 6) is 0. The van der Waals surface area contributed by atoms with Gasteiger partial charge in [0.15, 0.2) is 8.32 Å². The molecule has 0 spiro atoms. The van der Waals surface area contributed by atoms with Gasteiger partial charge < -0.3 is 9.16 Å². The molecular formula is C14H32O2Si. The number of rotatable bonds is 8. The van der Waals surface area contributed by atoms with Crippen LogP contribution in [0.3, 0.4) is 0 Å². The summed E-state index contributed by atoms with van der Waals surface area (Å²) < 4.78 is 11.4. The smallest absolute Gasteiger partial charge is 0.191 e. The van der Waals surface area contributed by atoms with E-state index >= 15 is 0 Å². The first kappa shape index (κ1) is 17.1. The van der Waals surface area contributed by atoms with E-state index in [2.05, 4.69) is 40.8 Å². The molecule has 0 heterocycles. The fraction of sp³-hybridized carbons (Fsp3) is 1.00. The minimum Gasteiger partial charge on any atom is -0.417 e. The lowest BCUT2D eigenvalue weighted by Gasteiger charge is -2.36. The summed E-state index contributed by atoms with van der Waals surface area (Å²) in [5, 5.41) is 0.331. The van der Waals surface area contributed by atoms with Crippen molar-refractivity contribution in [1.29, 1.82) is 0 Å². The Morgan fingerprint density at radius 2 is 1.65 bits per heavy atom. The molecule has 0 rings (SSSR count). The lowest BCUT2D eigenvalue weighted by molar-refractivity contribution is 0.108. The summed E-state index contributed by atoms with van der Waals surface area (Å²) in [6, 6.07) is 0. The van der Waals surface area contributed by atoms with Crippen molar-refractivity contribution in [2.45, 2.75) is 77.6 Å². The first-order chi connectivity index (χ1) is 7.70. The Bertz CT molecular complexity index is 197. The highest BCUT2D eigenvalue weighted by molar-refractivity contribution is 6.74. The van der Waals surface area contributed by atoms with Gasteiger partial charge in [0.05, 0.1) is 6.10 Å². The fourth-order valence-corrected chi connectivity index (χ4v) is 2.46. The largest absolute Gasteiger partial charge is 0.417 e. The summed E-state index contributed by atoms with van der Waals surface area (Å²) in [7, 11) is 0.264. The number of ether oxygens (including phenoxy) is 1. The normalized spacial score (nSPS) is 15.0. The summed E-state index contributed by atoms with van der Waals surface area (Å²) in [4.78, 5) is 0. The summed E-state index contributed by atoms with van der Waals surface area (Å²) in [5.41, 5.74) is 0. The molecule has 1 unspecified atom stereocenters. The molecule has 0 aromatic carbocycles.